The van der Waals surface area contributed by atoms with E-state index < -0.39 is 10.0 Å². The molecule has 0 bridgehead atoms. The van der Waals surface area contributed by atoms with E-state index in [0.29, 0.717) is 5.69 Å². The Balaban J connectivity index is 1.89. The number of carbonyl (C=O) groups excluding carboxylic acids is 1. The van der Waals surface area contributed by atoms with Gasteiger partial charge in [0.15, 0.2) is 0 Å². The fourth-order valence-electron chi connectivity index (χ4n) is 3.32. The van der Waals surface area contributed by atoms with Crippen LogP contribution in [0, 0.1) is 20.8 Å². The molecule has 1 amide bonds. The smallest absolute Gasteiger partial charge is 0.264 e. The minimum Gasteiger partial charge on any atom is -0.348 e. The number of sulfonamides is 1. The zero-order valence-electron chi connectivity index (χ0n) is 18.6. The standard InChI is InChI=1S/C25H27BrN2O3S/c1-17-8-12-24(13-9-17)32(30,31)28(23-7-5-6-22(26)15-23)16-25(29)27-20(4)21-11-10-18(2)19(3)14-21/h5-15,20H,16H2,1-4H3,(H,27,29). The highest BCUT2D eigenvalue weighted by Crippen LogP contribution is 2.26. The van der Waals surface area contributed by atoms with Crippen LogP contribution >= 0.6 is 15.9 Å². The SMILES string of the molecule is Cc1ccc(S(=O)(=O)N(CC(=O)NC(C)c2ccc(C)c(C)c2)c2cccc(Br)c2)cc1. The third kappa shape index (κ3) is 5.58. The normalized spacial score (nSPS) is 12.3. The molecule has 1 atom stereocenters. The molecule has 168 valence electrons. The molecule has 1 N–H and O–H groups in total. The van der Waals surface area contributed by atoms with E-state index in [1.165, 1.54) is 5.56 Å². The first-order valence-corrected chi connectivity index (χ1v) is 12.5. The highest BCUT2D eigenvalue weighted by molar-refractivity contribution is 9.10. The van der Waals surface area contributed by atoms with E-state index in [-0.39, 0.29) is 23.4 Å². The summed E-state index contributed by atoms with van der Waals surface area (Å²) in [6, 6.07) is 19.3. The van der Waals surface area contributed by atoms with Gasteiger partial charge < -0.3 is 5.32 Å². The Hall–Kier alpha value is -2.64. The quantitative estimate of drug-likeness (QED) is 0.455. The van der Waals surface area contributed by atoms with Crippen molar-refractivity contribution in [2.75, 3.05) is 10.8 Å². The molecule has 0 aliphatic carbocycles. The summed E-state index contributed by atoms with van der Waals surface area (Å²) in [5.41, 5.74) is 4.65. The zero-order chi connectivity index (χ0) is 23.5. The van der Waals surface area contributed by atoms with Crippen molar-refractivity contribution in [3.63, 3.8) is 0 Å². The highest BCUT2D eigenvalue weighted by Gasteiger charge is 2.28. The van der Waals surface area contributed by atoms with Gasteiger partial charge in [0, 0.05) is 4.47 Å². The number of carbonyl (C=O) groups is 1. The topological polar surface area (TPSA) is 66.5 Å². The van der Waals surface area contributed by atoms with Crippen molar-refractivity contribution in [2.24, 2.45) is 0 Å². The van der Waals surface area contributed by atoms with Gasteiger partial charge in [-0.2, -0.15) is 0 Å². The van der Waals surface area contributed by atoms with Gasteiger partial charge in [0.05, 0.1) is 16.6 Å². The molecule has 1 unspecified atom stereocenters. The summed E-state index contributed by atoms with van der Waals surface area (Å²) < 4.78 is 28.8. The second-order valence-corrected chi connectivity index (χ2v) is 10.7. The number of rotatable bonds is 7. The van der Waals surface area contributed by atoms with Crippen molar-refractivity contribution in [1.82, 2.24) is 5.32 Å². The van der Waals surface area contributed by atoms with Gasteiger partial charge in [-0.3, -0.25) is 9.10 Å². The first-order chi connectivity index (χ1) is 15.1. The van der Waals surface area contributed by atoms with Gasteiger partial charge in [0.1, 0.15) is 6.54 Å². The Kier molecular flexibility index (Phi) is 7.41. The van der Waals surface area contributed by atoms with Crippen molar-refractivity contribution in [3.05, 3.63) is 93.5 Å². The number of hydrogen-bond acceptors (Lipinski definition) is 3. The van der Waals surface area contributed by atoms with E-state index in [4.69, 9.17) is 0 Å². The molecule has 0 saturated heterocycles. The van der Waals surface area contributed by atoms with E-state index >= 15 is 0 Å². The summed E-state index contributed by atoms with van der Waals surface area (Å²) in [5.74, 6) is -0.383. The minimum absolute atomic E-state index is 0.137. The minimum atomic E-state index is -3.94. The first-order valence-electron chi connectivity index (χ1n) is 10.3. The van der Waals surface area contributed by atoms with Crippen LogP contribution in [0.15, 0.2) is 76.1 Å². The molecule has 0 heterocycles. The molecule has 3 rings (SSSR count). The maximum atomic E-state index is 13.5. The van der Waals surface area contributed by atoms with Crippen molar-refractivity contribution in [3.8, 4) is 0 Å². The van der Waals surface area contributed by atoms with Crippen LogP contribution in [0.3, 0.4) is 0 Å². The molecule has 0 radical (unpaired) electrons. The number of nitrogens with zero attached hydrogens (tertiary/aromatic N) is 1. The van der Waals surface area contributed by atoms with Gasteiger partial charge in [-0.1, -0.05) is 57.9 Å². The van der Waals surface area contributed by atoms with E-state index in [2.05, 4.69) is 21.2 Å². The molecule has 3 aromatic rings. The van der Waals surface area contributed by atoms with Crippen LogP contribution in [0.4, 0.5) is 5.69 Å². The number of hydrogen-bond donors (Lipinski definition) is 1. The molecule has 0 fully saturated rings. The van der Waals surface area contributed by atoms with Gasteiger partial charge in [0.25, 0.3) is 10.0 Å². The average Bonchev–Trinajstić information content (AvgIpc) is 2.74. The molecule has 0 spiro atoms. The van der Waals surface area contributed by atoms with Crippen LogP contribution in [0.2, 0.25) is 0 Å². The Bertz CT molecular complexity index is 1220. The number of aryl methyl sites for hydroxylation is 3. The van der Waals surface area contributed by atoms with Crippen molar-refractivity contribution in [1.29, 1.82) is 0 Å². The summed E-state index contributed by atoms with van der Waals surface area (Å²) in [6.45, 7) is 7.51. The molecule has 5 nitrogen and oxygen atoms in total. The summed E-state index contributed by atoms with van der Waals surface area (Å²) >= 11 is 3.39. The molecule has 0 aliphatic rings. The fraction of sp³-hybridized carbons (Fsp3) is 0.240. The highest BCUT2D eigenvalue weighted by atomic mass is 79.9. The molecule has 0 aromatic heterocycles. The maximum Gasteiger partial charge on any atom is 0.264 e. The van der Waals surface area contributed by atoms with E-state index in [1.54, 1.807) is 42.5 Å². The first kappa shape index (κ1) is 24.0. The lowest BCUT2D eigenvalue weighted by Crippen LogP contribution is -2.41. The number of anilines is 1. The van der Waals surface area contributed by atoms with Crippen molar-refractivity contribution < 1.29 is 13.2 Å². The molecule has 0 aliphatic heterocycles. The largest absolute Gasteiger partial charge is 0.348 e. The van der Waals surface area contributed by atoms with E-state index in [1.807, 2.05) is 52.0 Å². The zero-order valence-corrected chi connectivity index (χ0v) is 21.0. The van der Waals surface area contributed by atoms with Gasteiger partial charge >= 0.3 is 0 Å². The van der Waals surface area contributed by atoms with Gasteiger partial charge in [-0.25, -0.2) is 8.42 Å². The van der Waals surface area contributed by atoms with Crippen molar-refractivity contribution >= 4 is 37.5 Å². The summed E-state index contributed by atoms with van der Waals surface area (Å²) in [5, 5.41) is 2.93. The second-order valence-electron chi connectivity index (χ2n) is 7.94. The van der Waals surface area contributed by atoms with Crippen LogP contribution in [0.1, 0.15) is 35.2 Å². The van der Waals surface area contributed by atoms with Gasteiger partial charge in [0.2, 0.25) is 5.91 Å². The Morgan fingerprint density at radius 3 is 2.28 bits per heavy atom. The monoisotopic (exact) mass is 514 g/mol. The number of halogens is 1. The molecular formula is C25H27BrN2O3S. The number of nitrogens with one attached hydrogen (secondary N) is 1. The Morgan fingerprint density at radius 1 is 0.969 bits per heavy atom. The van der Waals surface area contributed by atoms with E-state index in [9.17, 15) is 13.2 Å². The molecule has 7 heteroatoms. The second kappa shape index (κ2) is 9.88. The van der Waals surface area contributed by atoms with Crippen LogP contribution in [-0.2, 0) is 14.8 Å². The average molecular weight is 515 g/mol. The van der Waals surface area contributed by atoms with Crippen molar-refractivity contribution in [2.45, 2.75) is 38.6 Å². The molecule has 3 aromatic carbocycles. The lowest BCUT2D eigenvalue weighted by molar-refractivity contribution is -0.120. The summed E-state index contributed by atoms with van der Waals surface area (Å²) in [4.78, 5) is 13.1. The van der Waals surface area contributed by atoms with Crippen LogP contribution in [0.25, 0.3) is 0 Å². The Labute approximate surface area is 198 Å². The van der Waals surface area contributed by atoms with Gasteiger partial charge in [-0.15, -0.1) is 0 Å². The lowest BCUT2D eigenvalue weighted by atomic mass is 10.0. The number of benzene rings is 3. The fourth-order valence-corrected chi connectivity index (χ4v) is 5.12. The predicted octanol–water partition coefficient (Wildman–Crippen LogP) is 5.45. The molecule has 0 saturated carbocycles. The Morgan fingerprint density at radius 2 is 1.66 bits per heavy atom. The van der Waals surface area contributed by atoms with Crippen LogP contribution in [-0.4, -0.2) is 20.9 Å². The van der Waals surface area contributed by atoms with Gasteiger partial charge in [-0.05, 0) is 74.7 Å². The van der Waals surface area contributed by atoms with Crippen LogP contribution in [0.5, 0.6) is 0 Å². The van der Waals surface area contributed by atoms with Crippen LogP contribution < -0.4 is 9.62 Å². The third-order valence-corrected chi connectivity index (χ3v) is 7.68. The lowest BCUT2D eigenvalue weighted by Gasteiger charge is -2.25. The maximum absolute atomic E-state index is 13.5. The summed E-state index contributed by atoms with van der Waals surface area (Å²) in [6.07, 6.45) is 0. The number of amides is 1. The summed E-state index contributed by atoms with van der Waals surface area (Å²) in [7, 11) is -3.94. The molecule has 32 heavy (non-hydrogen) atoms. The third-order valence-electron chi connectivity index (χ3n) is 5.40. The van der Waals surface area contributed by atoms with E-state index in [0.717, 1.165) is 25.5 Å². The predicted molar refractivity (Wildman–Crippen MR) is 132 cm³/mol. The molecular weight excluding hydrogens is 488 g/mol.